The van der Waals surface area contributed by atoms with Crippen molar-refractivity contribution in [3.63, 3.8) is 0 Å². The first-order valence-corrected chi connectivity index (χ1v) is 9.44. The second kappa shape index (κ2) is 7.93. The molecule has 3 aromatic rings. The normalized spacial score (nSPS) is 10.9. The Labute approximate surface area is 157 Å². The van der Waals surface area contributed by atoms with Gasteiger partial charge < -0.3 is 9.30 Å². The fraction of sp³-hybridized carbons (Fsp3) is 0.263. The van der Waals surface area contributed by atoms with Gasteiger partial charge in [0.25, 0.3) is 0 Å². The van der Waals surface area contributed by atoms with E-state index in [2.05, 4.69) is 52.9 Å². The van der Waals surface area contributed by atoms with Crippen LogP contribution in [0.1, 0.15) is 18.1 Å². The van der Waals surface area contributed by atoms with Crippen LogP contribution in [0.2, 0.25) is 5.02 Å². The van der Waals surface area contributed by atoms with Gasteiger partial charge in [-0.1, -0.05) is 53.2 Å². The summed E-state index contributed by atoms with van der Waals surface area (Å²) in [7, 11) is 1.65. The van der Waals surface area contributed by atoms with Gasteiger partial charge in [-0.05, 0) is 37.6 Å². The van der Waals surface area contributed by atoms with E-state index in [1.165, 1.54) is 11.1 Å². The zero-order chi connectivity index (χ0) is 17.8. The summed E-state index contributed by atoms with van der Waals surface area (Å²) in [4.78, 5) is 0. The molecule has 3 rings (SSSR count). The number of methoxy groups -OCH3 is 1. The van der Waals surface area contributed by atoms with Crippen LogP contribution in [0.25, 0.3) is 11.4 Å². The van der Waals surface area contributed by atoms with Crippen LogP contribution in [-0.4, -0.2) is 21.9 Å². The Balaban J connectivity index is 1.88. The van der Waals surface area contributed by atoms with E-state index in [4.69, 9.17) is 16.3 Å². The van der Waals surface area contributed by atoms with Crippen LogP contribution in [0, 0.1) is 6.92 Å². The van der Waals surface area contributed by atoms with Crippen LogP contribution < -0.4 is 4.74 Å². The van der Waals surface area contributed by atoms with Crippen molar-refractivity contribution in [2.75, 3.05) is 7.11 Å². The molecular formula is C19H20ClN3OS. The van der Waals surface area contributed by atoms with Crippen molar-refractivity contribution in [2.45, 2.75) is 31.3 Å². The lowest BCUT2D eigenvalue weighted by Crippen LogP contribution is -2.01. The van der Waals surface area contributed by atoms with Crippen molar-refractivity contribution in [3.05, 3.63) is 58.6 Å². The predicted molar refractivity (Wildman–Crippen MR) is 103 cm³/mol. The highest BCUT2D eigenvalue weighted by molar-refractivity contribution is 7.98. The summed E-state index contributed by atoms with van der Waals surface area (Å²) in [6.07, 6.45) is 0. The largest absolute Gasteiger partial charge is 0.496 e. The lowest BCUT2D eigenvalue weighted by molar-refractivity contribution is 0.416. The highest BCUT2D eigenvalue weighted by Gasteiger charge is 2.17. The first-order valence-electron chi connectivity index (χ1n) is 8.07. The van der Waals surface area contributed by atoms with Gasteiger partial charge in [0.1, 0.15) is 5.75 Å². The second-order valence-electron chi connectivity index (χ2n) is 5.67. The molecule has 0 amide bonds. The number of ether oxygens (including phenoxy) is 1. The average Bonchev–Trinajstić information content (AvgIpc) is 3.04. The molecular weight excluding hydrogens is 354 g/mol. The summed E-state index contributed by atoms with van der Waals surface area (Å²) in [5, 5.41) is 10.3. The number of nitrogens with zero attached hydrogens (tertiary/aromatic N) is 3. The second-order valence-corrected chi connectivity index (χ2v) is 7.05. The quantitative estimate of drug-likeness (QED) is 0.555. The predicted octanol–water partition coefficient (Wildman–Crippen LogP) is 5.23. The molecule has 0 bridgehead atoms. The minimum atomic E-state index is 0.648. The van der Waals surface area contributed by atoms with Gasteiger partial charge in [0.15, 0.2) is 11.0 Å². The highest BCUT2D eigenvalue weighted by atomic mass is 35.5. The van der Waals surface area contributed by atoms with E-state index in [-0.39, 0.29) is 0 Å². The van der Waals surface area contributed by atoms with Gasteiger partial charge >= 0.3 is 0 Å². The molecule has 6 heteroatoms. The molecule has 0 fully saturated rings. The standard InChI is InChI=1S/C19H20ClN3OS/c1-4-23-18(16-11-15(20)9-10-17(16)24-3)21-22-19(23)25-12-14-7-5-13(2)6-8-14/h5-11H,4,12H2,1-3H3. The minimum Gasteiger partial charge on any atom is -0.496 e. The van der Waals surface area contributed by atoms with Crippen LogP contribution in [-0.2, 0) is 12.3 Å². The summed E-state index contributed by atoms with van der Waals surface area (Å²) in [5.74, 6) is 2.36. The molecule has 0 aliphatic heterocycles. The third-order valence-corrected chi connectivity index (χ3v) is 5.20. The smallest absolute Gasteiger partial charge is 0.191 e. The fourth-order valence-electron chi connectivity index (χ4n) is 2.57. The molecule has 2 aromatic carbocycles. The zero-order valence-corrected chi connectivity index (χ0v) is 16.1. The van der Waals surface area contributed by atoms with E-state index in [1.807, 2.05) is 18.2 Å². The maximum Gasteiger partial charge on any atom is 0.191 e. The van der Waals surface area contributed by atoms with E-state index >= 15 is 0 Å². The summed E-state index contributed by atoms with van der Waals surface area (Å²) in [6.45, 7) is 4.95. The lowest BCUT2D eigenvalue weighted by atomic mass is 10.2. The molecule has 130 valence electrons. The number of aryl methyl sites for hydroxylation is 1. The molecule has 0 atom stereocenters. The Morgan fingerprint density at radius 1 is 1.12 bits per heavy atom. The van der Waals surface area contributed by atoms with Crippen molar-refractivity contribution in [1.29, 1.82) is 0 Å². The molecule has 4 nitrogen and oxygen atoms in total. The Bertz CT molecular complexity index is 862. The van der Waals surface area contributed by atoms with Crippen molar-refractivity contribution in [3.8, 4) is 17.1 Å². The number of benzene rings is 2. The number of aromatic nitrogens is 3. The molecule has 0 radical (unpaired) electrons. The summed E-state index contributed by atoms with van der Waals surface area (Å²) in [5.41, 5.74) is 3.38. The van der Waals surface area contributed by atoms with Gasteiger partial charge in [-0.3, -0.25) is 0 Å². The van der Waals surface area contributed by atoms with Crippen molar-refractivity contribution < 1.29 is 4.74 Å². The van der Waals surface area contributed by atoms with Crippen molar-refractivity contribution in [1.82, 2.24) is 14.8 Å². The van der Waals surface area contributed by atoms with Crippen LogP contribution in [0.15, 0.2) is 47.6 Å². The van der Waals surface area contributed by atoms with E-state index in [0.29, 0.717) is 5.02 Å². The Kier molecular flexibility index (Phi) is 5.66. The summed E-state index contributed by atoms with van der Waals surface area (Å²) in [6, 6.07) is 14.1. The molecule has 0 saturated heterocycles. The third-order valence-electron chi connectivity index (χ3n) is 3.92. The van der Waals surface area contributed by atoms with E-state index in [9.17, 15) is 0 Å². The number of halogens is 1. The number of hydrogen-bond acceptors (Lipinski definition) is 4. The molecule has 0 aliphatic carbocycles. The van der Waals surface area contributed by atoms with Gasteiger partial charge in [0.05, 0.1) is 12.7 Å². The lowest BCUT2D eigenvalue weighted by Gasteiger charge is -2.11. The number of hydrogen-bond donors (Lipinski definition) is 0. The fourth-order valence-corrected chi connectivity index (χ4v) is 3.70. The zero-order valence-electron chi connectivity index (χ0n) is 14.5. The molecule has 0 aliphatic rings. The Morgan fingerprint density at radius 3 is 2.56 bits per heavy atom. The van der Waals surface area contributed by atoms with Crippen LogP contribution in [0.5, 0.6) is 5.75 Å². The van der Waals surface area contributed by atoms with Crippen molar-refractivity contribution in [2.24, 2.45) is 0 Å². The van der Waals surface area contributed by atoms with Gasteiger partial charge in [-0.2, -0.15) is 0 Å². The molecule has 25 heavy (non-hydrogen) atoms. The van der Waals surface area contributed by atoms with Crippen LogP contribution in [0.4, 0.5) is 0 Å². The van der Waals surface area contributed by atoms with Gasteiger partial charge in [0, 0.05) is 17.3 Å². The molecule has 0 N–H and O–H groups in total. The maximum atomic E-state index is 6.16. The molecule has 0 saturated carbocycles. The van der Waals surface area contributed by atoms with Gasteiger partial charge in [-0.15, -0.1) is 10.2 Å². The summed E-state index contributed by atoms with van der Waals surface area (Å²) >= 11 is 7.84. The first-order chi connectivity index (χ1) is 12.1. The highest BCUT2D eigenvalue weighted by Crippen LogP contribution is 2.33. The third kappa shape index (κ3) is 3.99. The van der Waals surface area contributed by atoms with Gasteiger partial charge in [0.2, 0.25) is 0 Å². The minimum absolute atomic E-state index is 0.648. The van der Waals surface area contributed by atoms with Crippen LogP contribution >= 0.6 is 23.4 Å². The molecule has 1 aromatic heterocycles. The number of rotatable bonds is 6. The topological polar surface area (TPSA) is 39.9 Å². The van der Waals surface area contributed by atoms with E-state index in [1.54, 1.807) is 18.9 Å². The van der Waals surface area contributed by atoms with Gasteiger partial charge in [-0.25, -0.2) is 0 Å². The molecule has 0 spiro atoms. The Hall–Kier alpha value is -1.98. The van der Waals surface area contributed by atoms with E-state index in [0.717, 1.165) is 34.6 Å². The van der Waals surface area contributed by atoms with Crippen molar-refractivity contribution >= 4 is 23.4 Å². The average molecular weight is 374 g/mol. The maximum absolute atomic E-state index is 6.16. The van der Waals surface area contributed by atoms with E-state index < -0.39 is 0 Å². The number of thioether (sulfide) groups is 1. The SMILES string of the molecule is CCn1c(SCc2ccc(C)cc2)nnc1-c1cc(Cl)ccc1OC. The molecule has 1 heterocycles. The first kappa shape index (κ1) is 17.8. The Morgan fingerprint density at radius 2 is 1.88 bits per heavy atom. The summed E-state index contributed by atoms with van der Waals surface area (Å²) < 4.78 is 7.55. The van der Waals surface area contributed by atoms with Crippen LogP contribution in [0.3, 0.4) is 0 Å². The molecule has 0 unspecified atom stereocenters. The monoisotopic (exact) mass is 373 g/mol.